The number of ether oxygens (including phenoxy) is 1. The highest BCUT2D eigenvalue weighted by Crippen LogP contribution is 2.33. The van der Waals surface area contributed by atoms with E-state index in [1.54, 1.807) is 18.2 Å². The number of aromatic carboxylic acids is 1. The number of aromatic amines is 1. The van der Waals surface area contributed by atoms with Crippen LogP contribution in [0.25, 0.3) is 10.9 Å². The highest BCUT2D eigenvalue weighted by Gasteiger charge is 2.24. The highest BCUT2D eigenvalue weighted by molar-refractivity contribution is 7.92. The van der Waals surface area contributed by atoms with E-state index in [-0.39, 0.29) is 27.0 Å². The fourth-order valence-corrected chi connectivity index (χ4v) is 4.14. The summed E-state index contributed by atoms with van der Waals surface area (Å²) in [4.78, 5) is 13.9. The summed E-state index contributed by atoms with van der Waals surface area (Å²) >= 11 is 5.90. The number of aryl methyl sites for hydroxylation is 1. The first-order valence-electron chi connectivity index (χ1n) is 7.43. The molecule has 0 aliphatic heterocycles. The van der Waals surface area contributed by atoms with Crippen LogP contribution in [0.2, 0.25) is 5.02 Å². The number of carboxylic acid groups (broad SMARTS) is 1. The van der Waals surface area contributed by atoms with Gasteiger partial charge in [0.15, 0.2) is 0 Å². The number of fused-ring (bicyclic) bond motifs is 1. The molecule has 7 nitrogen and oxygen atoms in total. The lowest BCUT2D eigenvalue weighted by molar-refractivity contribution is -0.255. The van der Waals surface area contributed by atoms with Gasteiger partial charge in [-0.25, -0.2) is 8.42 Å². The molecule has 0 radical (unpaired) electrons. The monoisotopic (exact) mass is 393 g/mol. The lowest BCUT2D eigenvalue weighted by Crippen LogP contribution is -2.25. The fraction of sp³-hybridized carbons (Fsp3) is 0.118. The molecule has 136 valence electrons. The minimum Gasteiger partial charge on any atom is -0.543 e. The van der Waals surface area contributed by atoms with Crippen LogP contribution < -0.4 is 14.6 Å². The zero-order valence-corrected chi connectivity index (χ0v) is 15.4. The number of hydrogen-bond donors (Lipinski definition) is 2. The quantitative estimate of drug-likeness (QED) is 0.690. The van der Waals surface area contributed by atoms with Gasteiger partial charge in [-0.05, 0) is 37.3 Å². The average molecular weight is 394 g/mol. The molecule has 1 aromatic heterocycles. The van der Waals surface area contributed by atoms with Crippen molar-refractivity contribution in [3.05, 3.63) is 52.7 Å². The molecule has 0 spiro atoms. The Morgan fingerprint density at radius 3 is 2.62 bits per heavy atom. The minimum absolute atomic E-state index is 0.0768. The van der Waals surface area contributed by atoms with Crippen LogP contribution in [0.15, 0.2) is 41.3 Å². The Morgan fingerprint density at radius 1 is 1.23 bits per heavy atom. The van der Waals surface area contributed by atoms with Gasteiger partial charge >= 0.3 is 0 Å². The van der Waals surface area contributed by atoms with Crippen molar-refractivity contribution in [3.8, 4) is 5.75 Å². The number of sulfonamides is 1. The third-order valence-electron chi connectivity index (χ3n) is 3.81. The number of anilines is 1. The molecule has 26 heavy (non-hydrogen) atoms. The molecule has 0 saturated carbocycles. The van der Waals surface area contributed by atoms with Crippen molar-refractivity contribution in [2.24, 2.45) is 0 Å². The van der Waals surface area contributed by atoms with Crippen molar-refractivity contribution in [1.82, 2.24) is 4.98 Å². The largest absolute Gasteiger partial charge is 0.543 e. The molecule has 0 atom stereocenters. The summed E-state index contributed by atoms with van der Waals surface area (Å²) in [5.74, 6) is -1.46. The maximum atomic E-state index is 12.9. The molecule has 0 fully saturated rings. The molecule has 0 saturated heterocycles. The van der Waals surface area contributed by atoms with Gasteiger partial charge in [0.2, 0.25) is 0 Å². The Balaban J connectivity index is 2.19. The Kier molecular flexibility index (Phi) is 4.55. The van der Waals surface area contributed by atoms with Gasteiger partial charge in [0.25, 0.3) is 10.0 Å². The van der Waals surface area contributed by atoms with E-state index in [0.717, 1.165) is 5.56 Å². The normalized spacial score (nSPS) is 11.5. The lowest BCUT2D eigenvalue weighted by Gasteiger charge is -2.13. The number of carboxylic acids is 1. The maximum absolute atomic E-state index is 12.9. The number of nitrogens with one attached hydrogen (secondary N) is 2. The molecular formula is C17H14ClN2O5S-. The summed E-state index contributed by atoms with van der Waals surface area (Å²) < 4.78 is 33.1. The Morgan fingerprint density at radius 2 is 1.96 bits per heavy atom. The number of H-pyrrole nitrogens is 1. The molecule has 0 bridgehead atoms. The van der Waals surface area contributed by atoms with Crippen molar-refractivity contribution < 1.29 is 23.1 Å². The second-order valence-corrected chi connectivity index (χ2v) is 7.70. The van der Waals surface area contributed by atoms with E-state index in [2.05, 4.69) is 9.71 Å². The number of methoxy groups -OCH3 is 1. The van der Waals surface area contributed by atoms with Gasteiger partial charge < -0.3 is 19.6 Å². The SMILES string of the molecule is COc1ccc(Cl)cc1S(=O)(=O)Nc1c(C(=O)[O-])[nH]c2ccc(C)cc12. The van der Waals surface area contributed by atoms with Crippen LogP contribution in [0.1, 0.15) is 16.1 Å². The Labute approximate surface area is 154 Å². The molecule has 2 aromatic carbocycles. The number of halogens is 1. The zero-order valence-electron chi connectivity index (χ0n) is 13.8. The van der Waals surface area contributed by atoms with Gasteiger partial charge in [-0.15, -0.1) is 0 Å². The first-order chi connectivity index (χ1) is 12.2. The zero-order chi connectivity index (χ0) is 19.1. The smallest absolute Gasteiger partial charge is 0.265 e. The van der Waals surface area contributed by atoms with E-state index in [9.17, 15) is 18.3 Å². The summed E-state index contributed by atoms with van der Waals surface area (Å²) in [5, 5.41) is 12.1. The van der Waals surface area contributed by atoms with Crippen molar-refractivity contribution >= 4 is 44.2 Å². The van der Waals surface area contributed by atoms with Crippen LogP contribution in [0.4, 0.5) is 5.69 Å². The molecule has 2 N–H and O–H groups in total. The van der Waals surface area contributed by atoms with E-state index in [0.29, 0.717) is 10.9 Å². The molecular weight excluding hydrogens is 380 g/mol. The van der Waals surface area contributed by atoms with Gasteiger partial charge in [0, 0.05) is 15.9 Å². The van der Waals surface area contributed by atoms with Crippen LogP contribution in [-0.4, -0.2) is 26.5 Å². The molecule has 0 unspecified atom stereocenters. The van der Waals surface area contributed by atoms with Crippen molar-refractivity contribution in [1.29, 1.82) is 0 Å². The van der Waals surface area contributed by atoms with Gasteiger partial charge in [0.1, 0.15) is 10.6 Å². The van der Waals surface area contributed by atoms with Crippen LogP contribution >= 0.6 is 11.6 Å². The number of hydrogen-bond acceptors (Lipinski definition) is 5. The Hall–Kier alpha value is -2.71. The van der Waals surface area contributed by atoms with E-state index >= 15 is 0 Å². The summed E-state index contributed by atoms with van der Waals surface area (Å²) in [6.45, 7) is 1.81. The highest BCUT2D eigenvalue weighted by atomic mass is 35.5. The molecule has 0 aliphatic carbocycles. The summed E-state index contributed by atoms with van der Waals surface area (Å²) in [6.07, 6.45) is 0. The Bertz CT molecular complexity index is 1120. The molecule has 3 rings (SSSR count). The predicted octanol–water partition coefficient (Wildman–Crippen LogP) is 2.30. The van der Waals surface area contributed by atoms with E-state index in [1.165, 1.54) is 25.3 Å². The molecule has 1 heterocycles. The number of rotatable bonds is 5. The van der Waals surface area contributed by atoms with Gasteiger partial charge in [-0.3, -0.25) is 4.72 Å². The molecule has 0 amide bonds. The van der Waals surface area contributed by atoms with E-state index in [4.69, 9.17) is 16.3 Å². The van der Waals surface area contributed by atoms with Gasteiger partial charge in [-0.2, -0.15) is 0 Å². The average Bonchev–Trinajstić information content (AvgIpc) is 2.92. The second kappa shape index (κ2) is 6.54. The number of carbonyl (C=O) groups excluding carboxylic acids is 1. The van der Waals surface area contributed by atoms with E-state index < -0.39 is 16.0 Å². The first kappa shape index (κ1) is 18.1. The van der Waals surface area contributed by atoms with Crippen LogP contribution in [0.5, 0.6) is 5.75 Å². The second-order valence-electron chi connectivity index (χ2n) is 5.61. The van der Waals surface area contributed by atoms with E-state index in [1.807, 2.05) is 6.92 Å². The van der Waals surface area contributed by atoms with Crippen molar-refractivity contribution in [2.45, 2.75) is 11.8 Å². The molecule has 9 heteroatoms. The van der Waals surface area contributed by atoms with Crippen LogP contribution in [-0.2, 0) is 10.0 Å². The fourth-order valence-electron chi connectivity index (χ4n) is 2.61. The van der Waals surface area contributed by atoms with Gasteiger partial charge in [0.05, 0.1) is 24.5 Å². The number of benzene rings is 2. The first-order valence-corrected chi connectivity index (χ1v) is 9.29. The standard InChI is InChI=1S/C17H15ClN2O5S/c1-9-3-5-12-11(7-9)15(16(19-12)17(21)22)20-26(23,24)14-8-10(18)4-6-13(14)25-2/h3-8,19-20H,1-2H3,(H,21,22)/p-1. The molecule has 3 aromatic rings. The summed E-state index contributed by atoms with van der Waals surface area (Å²) in [5.41, 5.74) is 0.827. The topological polar surface area (TPSA) is 111 Å². The third kappa shape index (κ3) is 3.21. The van der Waals surface area contributed by atoms with Crippen molar-refractivity contribution in [3.63, 3.8) is 0 Å². The minimum atomic E-state index is -4.18. The van der Waals surface area contributed by atoms with Crippen molar-refractivity contribution in [2.75, 3.05) is 11.8 Å². The summed E-state index contributed by atoms with van der Waals surface area (Å²) in [7, 11) is -2.86. The lowest BCUT2D eigenvalue weighted by atomic mass is 10.1. The van der Waals surface area contributed by atoms with Crippen LogP contribution in [0.3, 0.4) is 0 Å². The molecule has 0 aliphatic rings. The number of aromatic nitrogens is 1. The van der Waals surface area contributed by atoms with Crippen LogP contribution in [0, 0.1) is 6.92 Å². The predicted molar refractivity (Wildman–Crippen MR) is 96.2 cm³/mol. The third-order valence-corrected chi connectivity index (χ3v) is 5.42. The van der Waals surface area contributed by atoms with Gasteiger partial charge in [-0.1, -0.05) is 23.2 Å². The number of carbonyl (C=O) groups is 1. The maximum Gasteiger partial charge on any atom is 0.265 e. The summed E-state index contributed by atoms with van der Waals surface area (Å²) in [6, 6.07) is 9.23.